The van der Waals surface area contributed by atoms with Gasteiger partial charge in [0.2, 0.25) is 0 Å². The third-order valence-corrected chi connectivity index (χ3v) is 11.6. The van der Waals surface area contributed by atoms with Gasteiger partial charge in [-0.25, -0.2) is 0 Å². The number of hydrogen-bond acceptors (Lipinski definition) is 4. The lowest BCUT2D eigenvalue weighted by Crippen LogP contribution is -1.90. The summed E-state index contributed by atoms with van der Waals surface area (Å²) in [6.07, 6.45) is 0. The quantitative estimate of drug-likeness (QED) is 0.174. The predicted molar refractivity (Wildman–Crippen MR) is 210 cm³/mol. The van der Waals surface area contributed by atoms with Gasteiger partial charge in [0.25, 0.3) is 0 Å². The van der Waals surface area contributed by atoms with Crippen molar-refractivity contribution >= 4 is 109 Å². The molecule has 4 heterocycles. The highest BCUT2D eigenvalue weighted by molar-refractivity contribution is 7.22. The largest absolute Gasteiger partial charge is 0.455 e. The molecule has 232 valence electrons. The lowest BCUT2D eigenvalue weighted by Gasteiger charge is -2.17. The van der Waals surface area contributed by atoms with Crippen LogP contribution in [0.2, 0.25) is 0 Å². The Kier molecular flexibility index (Phi) is 5.12. The molecule has 0 unspecified atom stereocenters. The van der Waals surface area contributed by atoms with Crippen LogP contribution < -0.4 is 0 Å². The fraction of sp³-hybridized carbons (Fsp3) is 0. The van der Waals surface area contributed by atoms with E-state index >= 15 is 0 Å². The van der Waals surface area contributed by atoms with E-state index in [0.29, 0.717) is 0 Å². The Bertz CT molecular complexity index is 3330. The lowest BCUT2D eigenvalue weighted by molar-refractivity contribution is 0.633. The van der Waals surface area contributed by atoms with E-state index in [2.05, 4.69) is 115 Å². The Balaban J connectivity index is 1.23. The number of fused-ring (bicyclic) bond motifs is 14. The van der Waals surface area contributed by atoms with Crippen molar-refractivity contribution in [3.8, 4) is 21.6 Å². The first-order chi connectivity index (χ1) is 24.8. The van der Waals surface area contributed by atoms with Crippen molar-refractivity contribution in [1.82, 2.24) is 0 Å². The first-order valence-electron chi connectivity index (χ1n) is 16.8. The van der Waals surface area contributed by atoms with Gasteiger partial charge in [-0.15, -0.1) is 11.3 Å². The van der Waals surface area contributed by atoms with Crippen molar-refractivity contribution < 1.29 is 13.3 Å². The molecule has 8 aromatic carbocycles. The van der Waals surface area contributed by atoms with E-state index in [4.69, 9.17) is 13.3 Å². The maximum Gasteiger partial charge on any atom is 0.179 e. The summed E-state index contributed by atoms with van der Waals surface area (Å²) in [5.41, 5.74) is 8.73. The van der Waals surface area contributed by atoms with Crippen LogP contribution in [0.25, 0.3) is 119 Å². The summed E-state index contributed by atoms with van der Waals surface area (Å²) in [6.45, 7) is 0. The van der Waals surface area contributed by atoms with Gasteiger partial charge >= 0.3 is 0 Å². The second-order valence-electron chi connectivity index (χ2n) is 13.1. The summed E-state index contributed by atoms with van der Waals surface area (Å²) in [4.78, 5) is 1.22. The van der Waals surface area contributed by atoms with E-state index in [1.807, 2.05) is 41.7 Å². The molecule has 0 spiro atoms. The average Bonchev–Trinajstić information content (AvgIpc) is 3.94. The zero-order chi connectivity index (χ0) is 32.5. The maximum atomic E-state index is 6.66. The van der Waals surface area contributed by atoms with Gasteiger partial charge in [-0.3, -0.25) is 0 Å². The summed E-state index contributed by atoms with van der Waals surface area (Å²) in [6, 6.07) is 51.8. The number of rotatable bonds is 2. The molecular formula is C46H24O3S. The number of benzene rings is 8. The summed E-state index contributed by atoms with van der Waals surface area (Å²) >= 11 is 1.83. The van der Waals surface area contributed by atoms with Crippen LogP contribution in [0.1, 0.15) is 0 Å². The van der Waals surface area contributed by atoms with Crippen molar-refractivity contribution in [1.29, 1.82) is 0 Å². The SMILES string of the molecule is c1ccc2c(c1)oc1c3cc(-c4c5ccccc5c(-c5cc6c7ccccc7oc6c6oc7ccccc7c56)c5ccccc45)sc3ccc21. The second kappa shape index (κ2) is 9.63. The van der Waals surface area contributed by atoms with E-state index in [9.17, 15) is 0 Å². The minimum atomic E-state index is 0.784. The standard InChI is InChI=1S/C46H24O3S/c1-3-15-29-27(13-1)41(35-23-33-26-12-6-9-19-37(26)48-45(33)46-43(35)32-17-7-10-20-38(32)49-46)28-14-2-4-16-30(28)42(29)40-24-34-39(50-40)22-21-31-25-11-5-8-18-36(25)47-44(31)34/h1-24H. The van der Waals surface area contributed by atoms with Crippen LogP contribution in [0.3, 0.4) is 0 Å². The van der Waals surface area contributed by atoms with Gasteiger partial charge < -0.3 is 13.3 Å². The van der Waals surface area contributed by atoms with Gasteiger partial charge in [0.1, 0.15) is 22.3 Å². The Morgan fingerprint density at radius 2 is 0.840 bits per heavy atom. The van der Waals surface area contributed by atoms with E-state index in [1.54, 1.807) is 0 Å². The molecule has 0 aliphatic rings. The maximum absolute atomic E-state index is 6.66. The molecule has 50 heavy (non-hydrogen) atoms. The molecule has 0 aliphatic heterocycles. The number of para-hydroxylation sites is 3. The molecule has 0 N–H and O–H groups in total. The zero-order valence-electron chi connectivity index (χ0n) is 26.5. The smallest absolute Gasteiger partial charge is 0.179 e. The van der Waals surface area contributed by atoms with E-state index in [1.165, 1.54) is 42.2 Å². The molecule has 0 saturated heterocycles. The normalized spacial score (nSPS) is 12.4. The second-order valence-corrected chi connectivity index (χ2v) is 14.2. The first-order valence-corrected chi connectivity index (χ1v) is 17.7. The van der Waals surface area contributed by atoms with Crippen molar-refractivity contribution in [3.05, 3.63) is 146 Å². The number of furan rings is 3. The van der Waals surface area contributed by atoms with Gasteiger partial charge in [0.15, 0.2) is 11.2 Å². The van der Waals surface area contributed by atoms with Crippen LogP contribution in [0.5, 0.6) is 0 Å². The molecule has 3 nitrogen and oxygen atoms in total. The predicted octanol–water partition coefficient (Wildman–Crippen LogP) is 14.2. The molecule has 12 aromatic rings. The van der Waals surface area contributed by atoms with Gasteiger partial charge in [-0.05, 0) is 75.1 Å². The molecule has 0 amide bonds. The van der Waals surface area contributed by atoms with Crippen LogP contribution in [-0.4, -0.2) is 0 Å². The van der Waals surface area contributed by atoms with Crippen molar-refractivity contribution in [2.75, 3.05) is 0 Å². The monoisotopic (exact) mass is 656 g/mol. The van der Waals surface area contributed by atoms with E-state index in [0.717, 1.165) is 76.8 Å². The van der Waals surface area contributed by atoms with Crippen molar-refractivity contribution in [3.63, 3.8) is 0 Å². The third kappa shape index (κ3) is 3.43. The topological polar surface area (TPSA) is 39.4 Å². The Hall–Kier alpha value is -6.36. The molecule has 0 saturated carbocycles. The molecule has 0 bridgehead atoms. The molecular weight excluding hydrogens is 633 g/mol. The minimum Gasteiger partial charge on any atom is -0.455 e. The van der Waals surface area contributed by atoms with Crippen molar-refractivity contribution in [2.24, 2.45) is 0 Å². The van der Waals surface area contributed by atoms with Gasteiger partial charge in [0, 0.05) is 52.8 Å². The number of thiophene rings is 1. The zero-order valence-corrected chi connectivity index (χ0v) is 27.3. The number of hydrogen-bond donors (Lipinski definition) is 0. The van der Waals surface area contributed by atoms with E-state index < -0.39 is 0 Å². The van der Waals surface area contributed by atoms with Crippen LogP contribution >= 0.6 is 11.3 Å². The highest BCUT2D eigenvalue weighted by Crippen LogP contribution is 2.51. The summed E-state index contributed by atoms with van der Waals surface area (Å²) in [5, 5.41) is 12.6. The first kappa shape index (κ1) is 26.6. The fourth-order valence-electron chi connectivity index (χ4n) is 8.37. The van der Waals surface area contributed by atoms with Gasteiger partial charge in [-0.2, -0.15) is 0 Å². The summed E-state index contributed by atoms with van der Waals surface area (Å²) < 4.78 is 20.9. The van der Waals surface area contributed by atoms with Crippen LogP contribution in [-0.2, 0) is 0 Å². The molecule has 4 heteroatoms. The highest BCUT2D eigenvalue weighted by atomic mass is 32.1. The summed E-state index contributed by atoms with van der Waals surface area (Å²) in [5.74, 6) is 0. The van der Waals surface area contributed by atoms with Gasteiger partial charge in [0.05, 0.1) is 0 Å². The minimum absolute atomic E-state index is 0.784. The van der Waals surface area contributed by atoms with Crippen molar-refractivity contribution in [2.45, 2.75) is 0 Å². The highest BCUT2D eigenvalue weighted by Gasteiger charge is 2.25. The molecule has 12 rings (SSSR count). The Labute approximate surface area is 288 Å². The van der Waals surface area contributed by atoms with Crippen LogP contribution in [0.4, 0.5) is 0 Å². The lowest BCUT2D eigenvalue weighted by atomic mass is 9.86. The van der Waals surface area contributed by atoms with Crippen LogP contribution in [0.15, 0.2) is 159 Å². The molecule has 4 aromatic heterocycles. The molecule has 0 radical (unpaired) electrons. The fourth-order valence-corrected chi connectivity index (χ4v) is 9.50. The average molecular weight is 657 g/mol. The van der Waals surface area contributed by atoms with E-state index in [-0.39, 0.29) is 0 Å². The molecule has 0 aliphatic carbocycles. The Morgan fingerprint density at radius 1 is 0.340 bits per heavy atom. The van der Waals surface area contributed by atoms with Gasteiger partial charge in [-0.1, -0.05) is 103 Å². The van der Waals surface area contributed by atoms with Crippen LogP contribution in [0, 0.1) is 0 Å². The Morgan fingerprint density at radius 3 is 1.50 bits per heavy atom. The molecule has 0 fully saturated rings. The third-order valence-electron chi connectivity index (χ3n) is 10.5. The molecule has 0 atom stereocenters. The summed E-state index contributed by atoms with van der Waals surface area (Å²) in [7, 11) is 0.